The molecule has 1 aromatic heterocycles. The van der Waals surface area contributed by atoms with Gasteiger partial charge in [0.1, 0.15) is 5.52 Å². The van der Waals surface area contributed by atoms with E-state index in [-0.39, 0.29) is 5.89 Å². The molecule has 0 aliphatic heterocycles. The molecule has 0 aliphatic carbocycles. The lowest BCUT2D eigenvalue weighted by atomic mass is 10.2. The maximum Gasteiger partial charge on any atom is 0.357 e. The van der Waals surface area contributed by atoms with E-state index in [0.29, 0.717) is 16.7 Å². The summed E-state index contributed by atoms with van der Waals surface area (Å²) in [6.07, 6.45) is -1.36. The van der Waals surface area contributed by atoms with Gasteiger partial charge in [0, 0.05) is 0 Å². The van der Waals surface area contributed by atoms with Crippen LogP contribution in [0.1, 0.15) is 22.4 Å². The van der Waals surface area contributed by atoms with Gasteiger partial charge in [0.25, 0.3) is 6.10 Å². The molecule has 0 amide bonds. The molecule has 23 heavy (non-hydrogen) atoms. The smallest absolute Gasteiger partial charge is 0.357 e. The highest BCUT2D eigenvalue weighted by Gasteiger charge is 2.31. The molecule has 1 heterocycles. The summed E-state index contributed by atoms with van der Waals surface area (Å²) in [4.78, 5) is 28.3. The highest BCUT2D eigenvalue weighted by atomic mass is 16.6. The van der Waals surface area contributed by atoms with Gasteiger partial charge in [0.05, 0.1) is 12.7 Å². The molecule has 0 fully saturated rings. The highest BCUT2D eigenvalue weighted by Crippen LogP contribution is 2.24. The number of ether oxygens (including phenoxy) is 2. The fourth-order valence-electron chi connectivity index (χ4n) is 2.06. The Morgan fingerprint density at radius 2 is 1.74 bits per heavy atom. The van der Waals surface area contributed by atoms with Crippen molar-refractivity contribution >= 4 is 23.0 Å². The van der Waals surface area contributed by atoms with E-state index in [1.165, 1.54) is 7.11 Å². The molecule has 6 heteroatoms. The SMILES string of the molecule is COC(=O)C(OC(=O)c1ccccc1)c1nc2ccccc2o1. The number of aromatic nitrogens is 1. The molecule has 0 aliphatic rings. The molecule has 1 unspecified atom stereocenters. The van der Waals surface area contributed by atoms with Crippen molar-refractivity contribution in [3.8, 4) is 0 Å². The average molecular weight is 311 g/mol. The Hall–Kier alpha value is -3.15. The van der Waals surface area contributed by atoms with Crippen LogP contribution in [0.3, 0.4) is 0 Å². The fraction of sp³-hybridized carbons (Fsp3) is 0.118. The van der Waals surface area contributed by atoms with Crippen LogP contribution >= 0.6 is 0 Å². The van der Waals surface area contributed by atoms with Gasteiger partial charge in [-0.1, -0.05) is 30.3 Å². The van der Waals surface area contributed by atoms with Crippen LogP contribution in [0.5, 0.6) is 0 Å². The molecule has 116 valence electrons. The van der Waals surface area contributed by atoms with Crippen molar-refractivity contribution in [1.29, 1.82) is 0 Å². The molecule has 0 saturated heterocycles. The van der Waals surface area contributed by atoms with Crippen LogP contribution in [0.25, 0.3) is 11.1 Å². The van der Waals surface area contributed by atoms with Crippen molar-refractivity contribution in [2.24, 2.45) is 0 Å². The van der Waals surface area contributed by atoms with E-state index in [1.807, 2.05) is 0 Å². The van der Waals surface area contributed by atoms with Gasteiger partial charge in [-0.25, -0.2) is 14.6 Å². The van der Waals surface area contributed by atoms with Crippen LogP contribution in [0, 0.1) is 0 Å². The number of methoxy groups -OCH3 is 1. The van der Waals surface area contributed by atoms with Crippen molar-refractivity contribution in [2.45, 2.75) is 6.10 Å². The molecule has 3 rings (SSSR count). The van der Waals surface area contributed by atoms with Crippen molar-refractivity contribution in [3.63, 3.8) is 0 Å². The monoisotopic (exact) mass is 311 g/mol. The number of hydrogen-bond donors (Lipinski definition) is 0. The van der Waals surface area contributed by atoms with Crippen molar-refractivity contribution in [2.75, 3.05) is 7.11 Å². The quantitative estimate of drug-likeness (QED) is 0.689. The predicted octanol–water partition coefficient (Wildman–Crippen LogP) is 2.90. The van der Waals surface area contributed by atoms with Crippen LogP contribution in [0.4, 0.5) is 0 Å². The number of fused-ring (bicyclic) bond motifs is 1. The number of carbonyl (C=O) groups is 2. The number of esters is 2. The zero-order chi connectivity index (χ0) is 16.2. The van der Waals surface area contributed by atoms with Crippen LogP contribution < -0.4 is 0 Å². The maximum atomic E-state index is 12.2. The number of para-hydroxylation sites is 2. The number of rotatable bonds is 4. The van der Waals surface area contributed by atoms with Gasteiger partial charge in [0.15, 0.2) is 5.58 Å². The Bertz CT molecular complexity index is 807. The molecular weight excluding hydrogens is 298 g/mol. The lowest BCUT2D eigenvalue weighted by Gasteiger charge is -2.12. The Morgan fingerprint density at radius 3 is 2.43 bits per heavy atom. The summed E-state index contributed by atoms with van der Waals surface area (Å²) in [5, 5.41) is 0. The predicted molar refractivity (Wildman–Crippen MR) is 80.6 cm³/mol. The van der Waals surface area contributed by atoms with Crippen LogP contribution in [-0.2, 0) is 14.3 Å². The maximum absolute atomic E-state index is 12.2. The summed E-state index contributed by atoms with van der Waals surface area (Å²) in [7, 11) is 1.20. The van der Waals surface area contributed by atoms with E-state index in [2.05, 4.69) is 9.72 Å². The molecule has 0 radical (unpaired) electrons. The van der Waals surface area contributed by atoms with Gasteiger partial charge in [-0.15, -0.1) is 0 Å². The zero-order valence-corrected chi connectivity index (χ0v) is 12.3. The normalized spacial score (nSPS) is 11.9. The molecule has 3 aromatic rings. The van der Waals surface area contributed by atoms with Crippen LogP contribution in [0.2, 0.25) is 0 Å². The van der Waals surface area contributed by atoms with E-state index >= 15 is 0 Å². The summed E-state index contributed by atoms with van der Waals surface area (Å²) in [6.45, 7) is 0. The third kappa shape index (κ3) is 3.06. The van der Waals surface area contributed by atoms with Crippen LogP contribution in [-0.4, -0.2) is 24.0 Å². The van der Waals surface area contributed by atoms with Crippen molar-refractivity contribution in [1.82, 2.24) is 4.98 Å². The molecule has 2 aromatic carbocycles. The number of carbonyl (C=O) groups excluding carboxylic acids is 2. The number of hydrogen-bond acceptors (Lipinski definition) is 6. The van der Waals surface area contributed by atoms with E-state index < -0.39 is 18.0 Å². The number of oxazole rings is 1. The second kappa shape index (κ2) is 6.31. The van der Waals surface area contributed by atoms with Gasteiger partial charge in [0.2, 0.25) is 5.89 Å². The van der Waals surface area contributed by atoms with E-state index in [0.717, 1.165) is 0 Å². The molecular formula is C17H13NO5. The topological polar surface area (TPSA) is 78.6 Å². The minimum absolute atomic E-state index is 0.0256. The van der Waals surface area contributed by atoms with Crippen molar-refractivity contribution < 1.29 is 23.5 Å². The lowest BCUT2D eigenvalue weighted by molar-refractivity contribution is -0.152. The van der Waals surface area contributed by atoms with Gasteiger partial charge in [-0.2, -0.15) is 0 Å². The molecule has 0 bridgehead atoms. The van der Waals surface area contributed by atoms with Gasteiger partial charge in [-0.3, -0.25) is 0 Å². The second-order valence-electron chi connectivity index (χ2n) is 4.69. The minimum atomic E-state index is -1.36. The van der Waals surface area contributed by atoms with E-state index in [4.69, 9.17) is 9.15 Å². The van der Waals surface area contributed by atoms with Crippen molar-refractivity contribution in [3.05, 3.63) is 66.1 Å². The Morgan fingerprint density at radius 1 is 1.04 bits per heavy atom. The molecule has 1 atom stereocenters. The first-order valence-corrected chi connectivity index (χ1v) is 6.88. The Labute approximate surface area is 131 Å². The summed E-state index contributed by atoms with van der Waals surface area (Å²) in [5.74, 6) is -1.45. The Balaban J connectivity index is 1.92. The molecule has 0 saturated carbocycles. The third-order valence-electron chi connectivity index (χ3n) is 3.18. The molecule has 0 N–H and O–H groups in total. The number of nitrogens with zero attached hydrogens (tertiary/aromatic N) is 1. The standard InChI is InChI=1S/C17H13NO5/c1-21-17(20)14(23-16(19)11-7-3-2-4-8-11)15-18-12-9-5-6-10-13(12)22-15/h2-10,14H,1H3. The summed E-state index contributed by atoms with van der Waals surface area (Å²) < 4.78 is 15.4. The van der Waals surface area contributed by atoms with Gasteiger partial charge in [-0.05, 0) is 24.3 Å². The van der Waals surface area contributed by atoms with Crippen LogP contribution in [0.15, 0.2) is 59.0 Å². The first-order valence-electron chi connectivity index (χ1n) is 6.88. The fourth-order valence-corrected chi connectivity index (χ4v) is 2.06. The largest absolute Gasteiger partial charge is 0.466 e. The minimum Gasteiger partial charge on any atom is -0.466 e. The van der Waals surface area contributed by atoms with E-state index in [9.17, 15) is 9.59 Å². The molecule has 0 spiro atoms. The molecule has 6 nitrogen and oxygen atoms in total. The zero-order valence-electron chi connectivity index (χ0n) is 12.3. The van der Waals surface area contributed by atoms with Gasteiger partial charge >= 0.3 is 11.9 Å². The number of benzene rings is 2. The highest BCUT2D eigenvalue weighted by molar-refractivity contribution is 5.91. The summed E-state index contributed by atoms with van der Waals surface area (Å²) in [5.41, 5.74) is 1.37. The Kier molecular flexibility index (Phi) is 4.05. The van der Waals surface area contributed by atoms with Gasteiger partial charge < -0.3 is 13.9 Å². The van der Waals surface area contributed by atoms with E-state index in [1.54, 1.807) is 54.6 Å². The third-order valence-corrected chi connectivity index (χ3v) is 3.18. The first-order chi connectivity index (χ1) is 11.2. The first kappa shape index (κ1) is 14.8. The lowest BCUT2D eigenvalue weighted by Crippen LogP contribution is -2.21. The summed E-state index contributed by atoms with van der Waals surface area (Å²) in [6, 6.07) is 15.3. The summed E-state index contributed by atoms with van der Waals surface area (Å²) >= 11 is 0. The second-order valence-corrected chi connectivity index (χ2v) is 4.69. The average Bonchev–Trinajstić information content (AvgIpc) is 3.03.